The van der Waals surface area contributed by atoms with E-state index in [1.165, 1.54) is 116 Å². The van der Waals surface area contributed by atoms with E-state index in [2.05, 4.69) is 26.0 Å². The van der Waals surface area contributed by atoms with Crippen molar-refractivity contribution in [1.29, 1.82) is 0 Å². The Labute approximate surface area is 403 Å². The summed E-state index contributed by atoms with van der Waals surface area (Å²) in [6.45, 7) is 2.61. The van der Waals surface area contributed by atoms with E-state index < -0.39 is 92.7 Å². The number of ether oxygens (including phenoxy) is 6. The zero-order valence-electron chi connectivity index (χ0n) is 41.7. The molecule has 67 heavy (non-hydrogen) atoms. The Hall–Kier alpha value is -1.76. The molecule has 394 valence electrons. The Morgan fingerprint density at radius 2 is 0.851 bits per heavy atom. The highest BCUT2D eigenvalue weighted by Gasteiger charge is 2.47. The van der Waals surface area contributed by atoms with E-state index in [-0.39, 0.29) is 26.1 Å². The van der Waals surface area contributed by atoms with Crippen LogP contribution in [0.2, 0.25) is 0 Å². The summed E-state index contributed by atoms with van der Waals surface area (Å²) in [5, 5.41) is 72.1. The number of hydrogen-bond acceptors (Lipinski definition) is 15. The van der Waals surface area contributed by atoms with Gasteiger partial charge in [-0.3, -0.25) is 9.59 Å². The van der Waals surface area contributed by atoms with Crippen molar-refractivity contribution < 1.29 is 73.8 Å². The lowest BCUT2D eigenvalue weighted by molar-refractivity contribution is -0.332. The van der Waals surface area contributed by atoms with Crippen molar-refractivity contribution in [2.45, 2.75) is 280 Å². The molecule has 2 rings (SSSR count). The molecule has 2 saturated heterocycles. The minimum absolute atomic E-state index is 0.159. The molecule has 0 bridgehead atoms. The van der Waals surface area contributed by atoms with Crippen LogP contribution in [0.25, 0.3) is 0 Å². The molecule has 2 fully saturated rings. The van der Waals surface area contributed by atoms with E-state index in [4.69, 9.17) is 28.4 Å². The fourth-order valence-corrected chi connectivity index (χ4v) is 8.57. The molecule has 0 aliphatic carbocycles. The molecule has 0 amide bonds. The van der Waals surface area contributed by atoms with Crippen LogP contribution in [0, 0.1) is 0 Å². The van der Waals surface area contributed by atoms with Crippen LogP contribution in [0.15, 0.2) is 12.2 Å². The van der Waals surface area contributed by atoms with Crippen LogP contribution in [0.1, 0.15) is 213 Å². The number of allylic oxidation sites excluding steroid dienone is 2. The molecule has 0 aromatic heterocycles. The number of esters is 2. The number of hydrogen-bond donors (Lipinski definition) is 7. The van der Waals surface area contributed by atoms with Crippen molar-refractivity contribution in [1.82, 2.24) is 0 Å². The van der Waals surface area contributed by atoms with Gasteiger partial charge in [0.1, 0.15) is 55.4 Å². The van der Waals surface area contributed by atoms with E-state index in [9.17, 15) is 45.3 Å². The van der Waals surface area contributed by atoms with E-state index in [1.807, 2.05) is 0 Å². The molecule has 0 aromatic rings. The van der Waals surface area contributed by atoms with Crippen LogP contribution >= 0.6 is 0 Å². The predicted octanol–water partition coefficient (Wildman–Crippen LogP) is 7.77. The van der Waals surface area contributed by atoms with Crippen molar-refractivity contribution >= 4 is 11.9 Å². The van der Waals surface area contributed by atoms with Gasteiger partial charge in [-0.25, -0.2) is 0 Å². The zero-order valence-corrected chi connectivity index (χ0v) is 41.7. The Balaban J connectivity index is 1.80. The second kappa shape index (κ2) is 39.9. The molecule has 0 spiro atoms. The third kappa shape index (κ3) is 28.0. The Morgan fingerprint density at radius 3 is 1.31 bits per heavy atom. The lowest BCUT2D eigenvalue weighted by Crippen LogP contribution is -2.61. The van der Waals surface area contributed by atoms with Crippen molar-refractivity contribution in [3.8, 4) is 0 Å². The van der Waals surface area contributed by atoms with E-state index >= 15 is 0 Å². The summed E-state index contributed by atoms with van der Waals surface area (Å²) in [4.78, 5) is 25.8. The smallest absolute Gasteiger partial charge is 0.306 e. The molecule has 7 N–H and O–H groups in total. The van der Waals surface area contributed by atoms with Gasteiger partial charge in [-0.1, -0.05) is 174 Å². The van der Waals surface area contributed by atoms with Crippen LogP contribution in [0.4, 0.5) is 0 Å². The molecular weight excluding hydrogens is 865 g/mol. The largest absolute Gasteiger partial charge is 0.462 e. The first kappa shape index (κ1) is 61.4. The Kier molecular flexibility index (Phi) is 36.5. The monoisotopic (exact) mass is 961 g/mol. The van der Waals surface area contributed by atoms with E-state index in [0.29, 0.717) is 12.8 Å². The van der Waals surface area contributed by atoms with E-state index in [1.54, 1.807) is 0 Å². The van der Waals surface area contributed by atoms with Crippen molar-refractivity contribution in [3.63, 3.8) is 0 Å². The summed E-state index contributed by atoms with van der Waals surface area (Å²) in [7, 11) is 0. The van der Waals surface area contributed by atoms with Gasteiger partial charge in [-0.2, -0.15) is 0 Å². The molecule has 2 aliphatic rings. The van der Waals surface area contributed by atoms with Crippen molar-refractivity contribution in [3.05, 3.63) is 12.2 Å². The molecule has 2 aliphatic heterocycles. The predicted molar refractivity (Wildman–Crippen MR) is 257 cm³/mol. The molecule has 11 atom stereocenters. The highest BCUT2D eigenvalue weighted by Crippen LogP contribution is 2.27. The van der Waals surface area contributed by atoms with E-state index in [0.717, 1.165) is 57.8 Å². The number of unbranched alkanes of at least 4 members (excludes halogenated alkanes) is 26. The maximum Gasteiger partial charge on any atom is 0.306 e. The van der Waals surface area contributed by atoms with Crippen LogP contribution in [-0.4, -0.2) is 142 Å². The topological polar surface area (TPSA) is 231 Å². The molecule has 0 aromatic carbocycles. The van der Waals surface area contributed by atoms with Gasteiger partial charge in [-0.05, 0) is 38.5 Å². The lowest BCUT2D eigenvalue weighted by Gasteiger charge is -2.42. The normalized spacial score (nSPS) is 26.0. The van der Waals surface area contributed by atoms with Crippen molar-refractivity contribution in [2.75, 3.05) is 26.4 Å². The molecule has 0 saturated carbocycles. The fraction of sp³-hybridized carbons (Fsp3) is 0.923. The second-order valence-corrected chi connectivity index (χ2v) is 19.1. The van der Waals surface area contributed by atoms with Gasteiger partial charge in [0.2, 0.25) is 0 Å². The minimum Gasteiger partial charge on any atom is -0.462 e. The summed E-state index contributed by atoms with van der Waals surface area (Å²) in [6, 6.07) is 0. The first-order chi connectivity index (χ1) is 32.5. The summed E-state index contributed by atoms with van der Waals surface area (Å²) in [5.41, 5.74) is 0. The van der Waals surface area contributed by atoms with Crippen LogP contribution in [-0.2, 0) is 38.0 Å². The number of carbonyl (C=O) groups is 2. The Morgan fingerprint density at radius 1 is 0.463 bits per heavy atom. The fourth-order valence-electron chi connectivity index (χ4n) is 8.57. The summed E-state index contributed by atoms with van der Waals surface area (Å²) in [6.07, 6.45) is 22.3. The third-order valence-corrected chi connectivity index (χ3v) is 13.0. The van der Waals surface area contributed by atoms with Crippen LogP contribution in [0.5, 0.6) is 0 Å². The number of aliphatic hydroxyl groups excluding tert-OH is 7. The third-order valence-electron chi connectivity index (χ3n) is 13.0. The average molecular weight is 961 g/mol. The Bertz CT molecular complexity index is 1220. The maximum absolute atomic E-state index is 13.0. The molecular formula is C52H96O15. The average Bonchev–Trinajstić information content (AvgIpc) is 3.32. The van der Waals surface area contributed by atoms with Gasteiger partial charge in [0.15, 0.2) is 18.7 Å². The van der Waals surface area contributed by atoms with Crippen LogP contribution in [0.3, 0.4) is 0 Å². The maximum atomic E-state index is 13.0. The summed E-state index contributed by atoms with van der Waals surface area (Å²) < 4.78 is 33.6. The van der Waals surface area contributed by atoms with Gasteiger partial charge in [0.25, 0.3) is 0 Å². The molecule has 2 heterocycles. The quantitative estimate of drug-likeness (QED) is 0.0176. The van der Waals surface area contributed by atoms with Gasteiger partial charge < -0.3 is 64.2 Å². The molecule has 0 radical (unpaired) electrons. The molecule has 15 heteroatoms. The second-order valence-electron chi connectivity index (χ2n) is 19.1. The lowest BCUT2D eigenvalue weighted by atomic mass is 9.98. The zero-order chi connectivity index (χ0) is 48.9. The highest BCUT2D eigenvalue weighted by atomic mass is 16.7. The summed E-state index contributed by atoms with van der Waals surface area (Å²) in [5.74, 6) is -0.923. The van der Waals surface area contributed by atoms with Gasteiger partial charge in [0, 0.05) is 12.8 Å². The first-order valence-corrected chi connectivity index (χ1v) is 26.8. The van der Waals surface area contributed by atoms with Gasteiger partial charge in [-0.15, -0.1) is 0 Å². The first-order valence-electron chi connectivity index (χ1n) is 26.8. The molecule has 15 nitrogen and oxygen atoms in total. The number of rotatable bonds is 42. The number of aliphatic hydroxyl groups is 7. The van der Waals surface area contributed by atoms with Gasteiger partial charge in [0.05, 0.1) is 19.8 Å². The summed E-state index contributed by atoms with van der Waals surface area (Å²) >= 11 is 0. The van der Waals surface area contributed by atoms with Gasteiger partial charge >= 0.3 is 11.9 Å². The standard InChI is InChI=1S/C52H96O15/c1-3-5-7-9-11-13-15-17-19-21-23-25-27-29-31-33-35-44(55)65-40(37-62-43(54)34-32-30-28-26-24-22-20-18-16-14-12-10-8-6-4-2)38-63-51-50(61)48(59)46(57)42(67-51)39-64-52-49(60)47(58)45(56)41(36-53)66-52/h19,21,40-42,45-53,56-61H,3-18,20,22-39H2,1-2H3/b21-19-. The van der Waals surface area contributed by atoms with Crippen LogP contribution < -0.4 is 0 Å². The highest BCUT2D eigenvalue weighted by molar-refractivity contribution is 5.70. The number of carbonyl (C=O) groups excluding carboxylic acids is 2. The SMILES string of the molecule is CCCCCCCCC/C=C\CCCCCCCC(=O)OC(COC(=O)CCCCCCCCCCCCCCCCC)COC1OC(COC2OC(CO)C(O)C(O)C2O)C(O)C(O)C1O. The molecule has 11 unspecified atom stereocenters. The van der Waals surface area contributed by atoms with Crippen molar-refractivity contribution in [2.24, 2.45) is 0 Å². The minimum atomic E-state index is -1.76.